The summed E-state index contributed by atoms with van der Waals surface area (Å²) in [5, 5.41) is 1.98. The van der Waals surface area contributed by atoms with E-state index in [-0.39, 0.29) is 24.3 Å². The number of nitrogens with two attached hydrogens (primary N) is 1. The molecule has 0 spiro atoms. The van der Waals surface area contributed by atoms with E-state index in [1.807, 2.05) is 35.7 Å². The van der Waals surface area contributed by atoms with Gasteiger partial charge in [-0.2, -0.15) is 0 Å². The largest absolute Gasteiger partial charge is 0.320 e. The number of imide groups is 1. The van der Waals surface area contributed by atoms with Crippen molar-refractivity contribution in [1.29, 1.82) is 0 Å². The van der Waals surface area contributed by atoms with Crippen LogP contribution in [-0.2, 0) is 11.2 Å². The third-order valence-electron chi connectivity index (χ3n) is 3.59. The van der Waals surface area contributed by atoms with E-state index in [4.69, 9.17) is 5.73 Å². The second-order valence-corrected chi connectivity index (χ2v) is 5.82. The third kappa shape index (κ3) is 2.05. The molecule has 2 aromatic rings. The first-order chi connectivity index (χ1) is 9.58. The summed E-state index contributed by atoms with van der Waals surface area (Å²) in [5.74, 6) is -0.422. The fourth-order valence-corrected chi connectivity index (χ4v) is 3.10. The van der Waals surface area contributed by atoms with Crippen LogP contribution in [0.3, 0.4) is 0 Å². The zero-order valence-electron chi connectivity index (χ0n) is 11.0. The van der Waals surface area contributed by atoms with Crippen molar-refractivity contribution in [3.63, 3.8) is 0 Å². The normalized spacial score (nSPS) is 16.2. The predicted molar refractivity (Wildman–Crippen MR) is 77.6 cm³/mol. The summed E-state index contributed by atoms with van der Waals surface area (Å²) in [6.45, 7) is 0. The number of carbonyl (C=O) groups excluding carboxylic acids is 2. The SMILES string of the molecule is CN1C(=O)Cc2ccc(C(N)c3cccs3)cc2C1=O. The number of amides is 2. The molecule has 4 nitrogen and oxygen atoms in total. The molecule has 2 heterocycles. The Bertz CT molecular complexity index is 679. The smallest absolute Gasteiger partial charge is 0.260 e. The number of thiophene rings is 1. The maximum atomic E-state index is 12.2. The van der Waals surface area contributed by atoms with Crippen LogP contribution in [0.15, 0.2) is 35.7 Å². The van der Waals surface area contributed by atoms with Crippen LogP contribution in [-0.4, -0.2) is 23.8 Å². The summed E-state index contributed by atoms with van der Waals surface area (Å²) in [4.78, 5) is 26.0. The Morgan fingerprint density at radius 1 is 1.30 bits per heavy atom. The Balaban J connectivity index is 2.01. The highest BCUT2D eigenvalue weighted by Gasteiger charge is 2.28. The third-order valence-corrected chi connectivity index (χ3v) is 4.55. The Hall–Kier alpha value is -1.98. The van der Waals surface area contributed by atoms with Gasteiger partial charge in [0.25, 0.3) is 5.91 Å². The zero-order valence-corrected chi connectivity index (χ0v) is 11.8. The van der Waals surface area contributed by atoms with E-state index in [0.717, 1.165) is 16.0 Å². The van der Waals surface area contributed by atoms with E-state index in [1.54, 1.807) is 11.3 Å². The molecule has 2 N–H and O–H groups in total. The summed E-state index contributed by atoms with van der Waals surface area (Å²) in [7, 11) is 1.51. The van der Waals surface area contributed by atoms with Crippen LogP contribution in [0.1, 0.15) is 32.4 Å². The maximum absolute atomic E-state index is 12.2. The van der Waals surface area contributed by atoms with Gasteiger partial charge in [0, 0.05) is 17.5 Å². The Morgan fingerprint density at radius 3 is 2.80 bits per heavy atom. The predicted octanol–water partition coefficient (Wildman–Crippen LogP) is 1.95. The monoisotopic (exact) mass is 286 g/mol. The number of likely N-dealkylation sites (N-methyl/N-ethyl adjacent to an activating group) is 1. The van der Waals surface area contributed by atoms with Gasteiger partial charge in [-0.15, -0.1) is 11.3 Å². The number of hydrogen-bond acceptors (Lipinski definition) is 4. The lowest BCUT2D eigenvalue weighted by molar-refractivity contribution is -0.127. The van der Waals surface area contributed by atoms with E-state index in [9.17, 15) is 9.59 Å². The minimum Gasteiger partial charge on any atom is -0.320 e. The molecule has 0 fully saturated rings. The highest BCUT2D eigenvalue weighted by molar-refractivity contribution is 7.10. The van der Waals surface area contributed by atoms with Crippen LogP contribution in [0.5, 0.6) is 0 Å². The number of nitrogens with zero attached hydrogens (tertiary/aromatic N) is 1. The second kappa shape index (κ2) is 4.85. The summed E-state index contributed by atoms with van der Waals surface area (Å²) < 4.78 is 0. The van der Waals surface area contributed by atoms with Gasteiger partial charge in [0.05, 0.1) is 12.5 Å². The average molecular weight is 286 g/mol. The van der Waals surface area contributed by atoms with Gasteiger partial charge in [-0.05, 0) is 28.6 Å². The highest BCUT2D eigenvalue weighted by atomic mass is 32.1. The van der Waals surface area contributed by atoms with Gasteiger partial charge < -0.3 is 5.73 Å². The Labute approximate surface area is 120 Å². The molecule has 0 bridgehead atoms. The molecular weight excluding hydrogens is 272 g/mol. The lowest BCUT2D eigenvalue weighted by Gasteiger charge is -2.24. The molecule has 102 valence electrons. The number of carbonyl (C=O) groups is 2. The summed E-state index contributed by atoms with van der Waals surface area (Å²) in [6, 6.07) is 9.24. The van der Waals surface area contributed by atoms with E-state index >= 15 is 0 Å². The highest BCUT2D eigenvalue weighted by Crippen LogP contribution is 2.27. The Kier molecular flexibility index (Phi) is 3.16. The van der Waals surface area contributed by atoms with Gasteiger partial charge in [-0.25, -0.2) is 0 Å². The lowest BCUT2D eigenvalue weighted by Crippen LogP contribution is -2.39. The first-order valence-corrected chi connectivity index (χ1v) is 7.18. The molecule has 1 atom stereocenters. The minimum absolute atomic E-state index is 0.169. The average Bonchev–Trinajstić information content (AvgIpc) is 2.98. The van der Waals surface area contributed by atoms with Crippen LogP contribution >= 0.6 is 11.3 Å². The fourth-order valence-electron chi connectivity index (χ4n) is 2.35. The van der Waals surface area contributed by atoms with Crippen LogP contribution in [0.25, 0.3) is 0 Å². The molecule has 1 unspecified atom stereocenters. The number of benzene rings is 1. The van der Waals surface area contributed by atoms with E-state index in [0.29, 0.717) is 5.56 Å². The van der Waals surface area contributed by atoms with Crippen LogP contribution in [0.4, 0.5) is 0 Å². The van der Waals surface area contributed by atoms with Gasteiger partial charge in [0.15, 0.2) is 0 Å². The molecule has 1 aromatic heterocycles. The van der Waals surface area contributed by atoms with Crippen molar-refractivity contribution < 1.29 is 9.59 Å². The lowest BCUT2D eigenvalue weighted by atomic mass is 9.94. The molecule has 0 aliphatic carbocycles. The molecule has 20 heavy (non-hydrogen) atoms. The van der Waals surface area contributed by atoms with Gasteiger partial charge in [-0.3, -0.25) is 14.5 Å². The standard InChI is InChI=1S/C15H14N2O2S/c1-17-13(18)8-9-4-5-10(7-11(9)15(17)19)14(16)12-3-2-6-20-12/h2-7,14H,8,16H2,1H3. The van der Waals surface area contributed by atoms with Gasteiger partial charge in [-0.1, -0.05) is 18.2 Å². The molecule has 5 heteroatoms. The molecule has 1 aliphatic heterocycles. The van der Waals surface area contributed by atoms with Gasteiger partial charge >= 0.3 is 0 Å². The van der Waals surface area contributed by atoms with E-state index in [2.05, 4.69) is 0 Å². The maximum Gasteiger partial charge on any atom is 0.260 e. The molecule has 0 saturated carbocycles. The van der Waals surface area contributed by atoms with Crippen molar-refractivity contribution in [2.45, 2.75) is 12.5 Å². The van der Waals surface area contributed by atoms with Crippen LogP contribution in [0, 0.1) is 0 Å². The van der Waals surface area contributed by atoms with Crippen molar-refractivity contribution in [3.05, 3.63) is 57.3 Å². The molecule has 1 aliphatic rings. The van der Waals surface area contributed by atoms with Crippen molar-refractivity contribution in [3.8, 4) is 0 Å². The minimum atomic E-state index is -0.253. The molecule has 0 radical (unpaired) electrons. The topological polar surface area (TPSA) is 63.4 Å². The molecule has 2 amide bonds. The zero-order chi connectivity index (χ0) is 14.3. The van der Waals surface area contributed by atoms with Crippen molar-refractivity contribution in [2.75, 3.05) is 7.05 Å². The van der Waals surface area contributed by atoms with E-state index < -0.39 is 0 Å². The summed E-state index contributed by atoms with van der Waals surface area (Å²) >= 11 is 1.59. The number of hydrogen-bond donors (Lipinski definition) is 1. The first kappa shape index (κ1) is 13.0. The second-order valence-electron chi connectivity index (χ2n) is 4.84. The van der Waals surface area contributed by atoms with Gasteiger partial charge in [0.2, 0.25) is 5.91 Å². The summed E-state index contributed by atoms with van der Waals surface area (Å²) in [5.41, 5.74) is 8.47. The summed E-state index contributed by atoms with van der Waals surface area (Å²) in [6.07, 6.45) is 0.270. The fraction of sp³-hybridized carbons (Fsp3) is 0.200. The molecule has 0 saturated heterocycles. The van der Waals surface area contributed by atoms with E-state index in [1.165, 1.54) is 11.9 Å². The first-order valence-electron chi connectivity index (χ1n) is 6.30. The van der Waals surface area contributed by atoms with Crippen molar-refractivity contribution in [2.24, 2.45) is 5.73 Å². The van der Waals surface area contributed by atoms with Crippen LogP contribution < -0.4 is 5.73 Å². The molecule has 1 aromatic carbocycles. The van der Waals surface area contributed by atoms with Crippen LogP contribution in [0.2, 0.25) is 0 Å². The Morgan fingerprint density at radius 2 is 2.10 bits per heavy atom. The van der Waals surface area contributed by atoms with Gasteiger partial charge in [0.1, 0.15) is 0 Å². The quantitative estimate of drug-likeness (QED) is 0.858. The molecular formula is C15H14N2O2S. The number of fused-ring (bicyclic) bond motifs is 1. The number of rotatable bonds is 2. The van der Waals surface area contributed by atoms with Crippen molar-refractivity contribution >= 4 is 23.2 Å². The van der Waals surface area contributed by atoms with Crippen molar-refractivity contribution in [1.82, 2.24) is 4.90 Å². The molecule has 3 rings (SSSR count).